The van der Waals surface area contributed by atoms with E-state index in [2.05, 4.69) is 18.1 Å². The lowest BCUT2D eigenvalue weighted by Gasteiger charge is -2.09. The molecule has 0 amide bonds. The van der Waals surface area contributed by atoms with Gasteiger partial charge in [-0.25, -0.2) is 0 Å². The van der Waals surface area contributed by atoms with Crippen LogP contribution in [0.15, 0.2) is 35.9 Å². The second-order valence-electron chi connectivity index (χ2n) is 8.31. The van der Waals surface area contributed by atoms with E-state index in [1.807, 2.05) is 12.4 Å². The Bertz CT molecular complexity index is 564. The van der Waals surface area contributed by atoms with Gasteiger partial charge in [-0.2, -0.15) is 0 Å². The Morgan fingerprint density at radius 1 is 0.828 bits per heavy atom. The van der Waals surface area contributed by atoms with Crippen LogP contribution in [-0.2, 0) is 6.54 Å². The van der Waals surface area contributed by atoms with Crippen molar-refractivity contribution in [1.29, 1.82) is 0 Å². The third-order valence-corrected chi connectivity index (χ3v) is 5.57. The minimum Gasteiger partial charge on any atom is -0.484 e. The molecule has 1 heterocycles. The summed E-state index contributed by atoms with van der Waals surface area (Å²) in [7, 11) is 0. The molecular weight excluding hydrogens is 358 g/mol. The van der Waals surface area contributed by atoms with Gasteiger partial charge in [-0.05, 0) is 6.42 Å². The number of ether oxygens (including phenoxy) is 1. The molecular formula is C26H45NO2. The van der Waals surface area contributed by atoms with Gasteiger partial charge < -0.3 is 9.30 Å². The zero-order valence-corrected chi connectivity index (χ0v) is 19.0. The van der Waals surface area contributed by atoms with Gasteiger partial charge in [0.15, 0.2) is 5.75 Å². The molecule has 0 aromatic carbocycles. The molecule has 0 unspecified atom stereocenters. The highest BCUT2D eigenvalue weighted by Crippen LogP contribution is 2.14. The van der Waals surface area contributed by atoms with Crippen molar-refractivity contribution in [3.8, 4) is 5.75 Å². The summed E-state index contributed by atoms with van der Waals surface area (Å²) in [6.45, 7) is 7.22. The fourth-order valence-corrected chi connectivity index (χ4v) is 3.74. The Balaban J connectivity index is 1.90. The van der Waals surface area contributed by atoms with Crippen LogP contribution in [0.1, 0.15) is 110 Å². The van der Waals surface area contributed by atoms with Gasteiger partial charge in [0.25, 0.3) is 0 Å². The molecule has 0 aliphatic carbocycles. The van der Waals surface area contributed by atoms with Gasteiger partial charge in [0, 0.05) is 18.8 Å². The second-order valence-corrected chi connectivity index (χ2v) is 8.31. The summed E-state index contributed by atoms with van der Waals surface area (Å²) in [5.41, 5.74) is -0.0601. The van der Waals surface area contributed by atoms with Gasteiger partial charge in [-0.3, -0.25) is 4.79 Å². The molecule has 1 aromatic heterocycles. The van der Waals surface area contributed by atoms with Crippen molar-refractivity contribution < 1.29 is 4.74 Å². The van der Waals surface area contributed by atoms with Crippen LogP contribution in [0.25, 0.3) is 0 Å². The first-order valence-corrected chi connectivity index (χ1v) is 12.2. The number of aryl methyl sites for hydroxylation is 1. The predicted octanol–water partition coefficient (Wildman–Crippen LogP) is 7.67. The quantitative estimate of drug-likeness (QED) is 0.165. The second kappa shape index (κ2) is 18.5. The van der Waals surface area contributed by atoms with Crippen molar-refractivity contribution in [2.24, 2.45) is 0 Å². The Morgan fingerprint density at radius 2 is 1.31 bits per heavy atom. The van der Waals surface area contributed by atoms with Crippen molar-refractivity contribution in [2.45, 2.75) is 116 Å². The Hall–Kier alpha value is -1.51. The zero-order valence-electron chi connectivity index (χ0n) is 19.0. The highest BCUT2D eigenvalue weighted by atomic mass is 16.5. The maximum atomic E-state index is 11.7. The molecule has 0 aliphatic rings. The van der Waals surface area contributed by atoms with E-state index >= 15 is 0 Å². The fourth-order valence-electron chi connectivity index (χ4n) is 3.74. The molecule has 3 nitrogen and oxygen atoms in total. The van der Waals surface area contributed by atoms with Crippen LogP contribution in [0.3, 0.4) is 0 Å². The number of unbranched alkanes of at least 4 members (excludes halogenated alkanes) is 15. The largest absolute Gasteiger partial charge is 0.484 e. The van der Waals surface area contributed by atoms with Crippen LogP contribution in [0, 0.1) is 0 Å². The molecule has 0 aliphatic heterocycles. The zero-order chi connectivity index (χ0) is 21.0. The van der Waals surface area contributed by atoms with Gasteiger partial charge in [0.2, 0.25) is 5.43 Å². The average molecular weight is 404 g/mol. The smallest absolute Gasteiger partial charge is 0.223 e. The summed E-state index contributed by atoms with van der Waals surface area (Å²) in [6.07, 6.45) is 27.5. The first-order valence-electron chi connectivity index (χ1n) is 12.2. The lowest BCUT2D eigenvalue weighted by Crippen LogP contribution is -2.11. The van der Waals surface area contributed by atoms with Crippen LogP contribution in [0.5, 0.6) is 5.75 Å². The molecule has 0 atom stereocenters. The lowest BCUT2D eigenvalue weighted by atomic mass is 10.0. The highest BCUT2D eigenvalue weighted by Gasteiger charge is 2.01. The van der Waals surface area contributed by atoms with Gasteiger partial charge in [0.05, 0.1) is 6.20 Å². The minimum atomic E-state index is -0.0601. The summed E-state index contributed by atoms with van der Waals surface area (Å²) in [5, 5.41) is 0. The number of aromatic nitrogens is 1. The van der Waals surface area contributed by atoms with E-state index in [4.69, 9.17) is 4.74 Å². The summed E-state index contributed by atoms with van der Waals surface area (Å²) in [4.78, 5) is 11.7. The number of hydrogen-bond donors (Lipinski definition) is 0. The monoisotopic (exact) mass is 403 g/mol. The van der Waals surface area contributed by atoms with E-state index in [0.717, 1.165) is 13.0 Å². The molecule has 3 heteroatoms. The van der Waals surface area contributed by atoms with Gasteiger partial charge in [-0.1, -0.05) is 116 Å². The molecule has 0 bridgehead atoms. The number of hydrogen-bond acceptors (Lipinski definition) is 2. The predicted molar refractivity (Wildman–Crippen MR) is 126 cm³/mol. The van der Waals surface area contributed by atoms with Crippen LogP contribution < -0.4 is 10.2 Å². The van der Waals surface area contributed by atoms with Gasteiger partial charge >= 0.3 is 0 Å². The van der Waals surface area contributed by atoms with Crippen LogP contribution in [0.4, 0.5) is 0 Å². The van der Waals surface area contributed by atoms with Crippen molar-refractivity contribution in [3.63, 3.8) is 0 Å². The SMILES string of the molecule is C=CCOc1cn(CCCCCCCCCCCCCCCCCC)ccc1=O. The number of nitrogens with zero attached hydrogens (tertiary/aromatic N) is 1. The van der Waals surface area contributed by atoms with Gasteiger partial charge in [-0.15, -0.1) is 0 Å². The summed E-state index contributed by atoms with van der Waals surface area (Å²) < 4.78 is 7.47. The standard InChI is InChI=1S/C26H45NO2/c1-3-5-6-7-8-9-10-11-12-13-14-15-16-17-18-19-21-27-22-20-25(28)26(24-27)29-23-4-2/h4,20,22,24H,2-3,5-19,21,23H2,1H3. The van der Waals surface area contributed by atoms with E-state index in [-0.39, 0.29) is 5.43 Å². The van der Waals surface area contributed by atoms with Crippen molar-refractivity contribution in [2.75, 3.05) is 6.61 Å². The molecule has 0 radical (unpaired) electrons. The molecule has 166 valence electrons. The minimum absolute atomic E-state index is 0.0601. The van der Waals surface area contributed by atoms with Gasteiger partial charge in [0.1, 0.15) is 6.61 Å². The van der Waals surface area contributed by atoms with Crippen LogP contribution in [-0.4, -0.2) is 11.2 Å². The Morgan fingerprint density at radius 3 is 1.79 bits per heavy atom. The van der Waals surface area contributed by atoms with Crippen LogP contribution >= 0.6 is 0 Å². The average Bonchev–Trinajstić information content (AvgIpc) is 2.73. The highest BCUT2D eigenvalue weighted by molar-refractivity contribution is 5.17. The van der Waals surface area contributed by atoms with Crippen molar-refractivity contribution in [3.05, 3.63) is 41.3 Å². The van der Waals surface area contributed by atoms with Crippen molar-refractivity contribution >= 4 is 0 Å². The van der Waals surface area contributed by atoms with E-state index in [0.29, 0.717) is 12.4 Å². The molecule has 1 rings (SSSR count). The first-order chi connectivity index (χ1) is 14.3. The van der Waals surface area contributed by atoms with E-state index in [1.165, 1.54) is 96.3 Å². The number of pyridine rings is 1. The molecule has 1 aromatic rings. The van der Waals surface area contributed by atoms with E-state index in [1.54, 1.807) is 12.1 Å². The van der Waals surface area contributed by atoms with E-state index < -0.39 is 0 Å². The Labute approximate surface area is 179 Å². The summed E-state index contributed by atoms with van der Waals surface area (Å²) >= 11 is 0. The topological polar surface area (TPSA) is 31.2 Å². The maximum Gasteiger partial charge on any atom is 0.223 e. The molecule has 0 saturated heterocycles. The normalized spacial score (nSPS) is 10.9. The molecule has 0 fully saturated rings. The third-order valence-electron chi connectivity index (χ3n) is 5.57. The molecule has 0 spiro atoms. The summed E-state index contributed by atoms with van der Waals surface area (Å²) in [6, 6.07) is 1.59. The molecule has 29 heavy (non-hydrogen) atoms. The number of rotatable bonds is 20. The lowest BCUT2D eigenvalue weighted by molar-refractivity contribution is 0.355. The third kappa shape index (κ3) is 14.2. The van der Waals surface area contributed by atoms with Crippen LogP contribution in [0.2, 0.25) is 0 Å². The van der Waals surface area contributed by atoms with Crippen molar-refractivity contribution in [1.82, 2.24) is 4.57 Å². The maximum absolute atomic E-state index is 11.7. The first kappa shape index (κ1) is 25.5. The fraction of sp³-hybridized carbons (Fsp3) is 0.731. The Kier molecular flexibility index (Phi) is 16.3. The molecule has 0 N–H and O–H groups in total. The van der Waals surface area contributed by atoms with E-state index in [9.17, 15) is 4.79 Å². The molecule has 0 saturated carbocycles. The summed E-state index contributed by atoms with van der Waals surface area (Å²) in [5.74, 6) is 0.420.